The standard InChI is InChI=1S/C18H23N5O5S2/c1-3-11(2)15(20-18(19)26)17(25)22-21-16(24)12-6-8-13(9-7-12)23-30(27,28)14-5-4-10-29-14/h4-11,15,23H,3H2,1-2H3,(H,21,24)(H,22,25)(H3,19,20,26). The molecule has 30 heavy (non-hydrogen) atoms. The Labute approximate surface area is 178 Å². The fourth-order valence-electron chi connectivity index (χ4n) is 2.43. The van der Waals surface area contributed by atoms with E-state index in [1.807, 2.05) is 6.92 Å². The highest BCUT2D eigenvalue weighted by Crippen LogP contribution is 2.20. The highest BCUT2D eigenvalue weighted by Gasteiger charge is 2.25. The predicted octanol–water partition coefficient (Wildman–Crippen LogP) is 1.39. The molecule has 0 aliphatic heterocycles. The summed E-state index contributed by atoms with van der Waals surface area (Å²) in [6, 6.07) is 7.03. The van der Waals surface area contributed by atoms with Crippen molar-refractivity contribution in [1.29, 1.82) is 0 Å². The zero-order valence-corrected chi connectivity index (χ0v) is 18.0. The van der Waals surface area contributed by atoms with Crippen LogP contribution in [-0.4, -0.2) is 32.3 Å². The van der Waals surface area contributed by atoms with Gasteiger partial charge >= 0.3 is 6.03 Å². The molecule has 2 rings (SSSR count). The van der Waals surface area contributed by atoms with Crippen molar-refractivity contribution in [2.75, 3.05) is 4.72 Å². The molecular formula is C18H23N5O5S2. The number of hydrogen-bond donors (Lipinski definition) is 5. The third-order valence-electron chi connectivity index (χ3n) is 4.25. The Morgan fingerprint density at radius 1 is 1.10 bits per heavy atom. The number of amides is 4. The Hall–Kier alpha value is -3.12. The number of anilines is 1. The van der Waals surface area contributed by atoms with Crippen LogP contribution in [0.25, 0.3) is 0 Å². The number of rotatable bonds is 8. The summed E-state index contributed by atoms with van der Waals surface area (Å²) in [5.41, 5.74) is 10.1. The number of urea groups is 1. The van der Waals surface area contributed by atoms with Crippen LogP contribution in [0, 0.1) is 5.92 Å². The molecule has 1 heterocycles. The van der Waals surface area contributed by atoms with Crippen LogP contribution in [0.5, 0.6) is 0 Å². The van der Waals surface area contributed by atoms with E-state index in [1.54, 1.807) is 18.4 Å². The Morgan fingerprint density at radius 3 is 2.30 bits per heavy atom. The third-order valence-corrected chi connectivity index (χ3v) is 7.03. The molecule has 2 atom stereocenters. The first-order chi connectivity index (χ1) is 14.1. The molecule has 0 saturated carbocycles. The lowest BCUT2D eigenvalue weighted by Gasteiger charge is -2.22. The minimum Gasteiger partial charge on any atom is -0.352 e. The lowest BCUT2D eigenvalue weighted by Crippen LogP contribution is -2.55. The Kier molecular flexibility index (Phi) is 7.78. The molecule has 1 aromatic carbocycles. The van der Waals surface area contributed by atoms with Crippen LogP contribution in [0.2, 0.25) is 0 Å². The minimum absolute atomic E-state index is 0.174. The molecule has 162 valence electrons. The van der Waals surface area contributed by atoms with Gasteiger partial charge in [-0.3, -0.25) is 25.2 Å². The number of nitrogens with two attached hydrogens (primary N) is 1. The lowest BCUT2D eigenvalue weighted by molar-refractivity contribution is -0.124. The number of primary amides is 1. The molecule has 0 aliphatic carbocycles. The smallest absolute Gasteiger partial charge is 0.312 e. The molecule has 6 N–H and O–H groups in total. The summed E-state index contributed by atoms with van der Waals surface area (Å²) >= 11 is 1.09. The number of hydrogen-bond acceptors (Lipinski definition) is 6. The van der Waals surface area contributed by atoms with E-state index < -0.39 is 33.9 Å². The zero-order valence-electron chi connectivity index (χ0n) is 16.3. The van der Waals surface area contributed by atoms with Crippen molar-refractivity contribution < 1.29 is 22.8 Å². The lowest BCUT2D eigenvalue weighted by atomic mass is 9.99. The van der Waals surface area contributed by atoms with Crippen LogP contribution < -0.4 is 26.6 Å². The van der Waals surface area contributed by atoms with Crippen LogP contribution in [0.1, 0.15) is 30.6 Å². The number of carbonyl (C=O) groups is 3. The molecule has 1 aromatic heterocycles. The fourth-order valence-corrected chi connectivity index (χ4v) is 4.49. The van der Waals surface area contributed by atoms with Crippen molar-refractivity contribution in [2.45, 2.75) is 30.5 Å². The van der Waals surface area contributed by atoms with Gasteiger partial charge in [-0.1, -0.05) is 26.3 Å². The van der Waals surface area contributed by atoms with Gasteiger partial charge in [0.25, 0.3) is 21.8 Å². The first-order valence-electron chi connectivity index (χ1n) is 8.96. The van der Waals surface area contributed by atoms with Gasteiger partial charge in [-0.25, -0.2) is 13.2 Å². The van der Waals surface area contributed by atoms with E-state index in [1.165, 1.54) is 30.3 Å². The molecule has 10 nitrogen and oxygen atoms in total. The second kappa shape index (κ2) is 10.1. The van der Waals surface area contributed by atoms with E-state index >= 15 is 0 Å². The summed E-state index contributed by atoms with van der Waals surface area (Å²) in [5, 5.41) is 4.00. The molecule has 12 heteroatoms. The number of benzene rings is 1. The van der Waals surface area contributed by atoms with E-state index in [-0.39, 0.29) is 21.4 Å². The highest BCUT2D eigenvalue weighted by molar-refractivity contribution is 7.94. The molecule has 0 bridgehead atoms. The van der Waals surface area contributed by atoms with Gasteiger partial charge in [0.05, 0.1) is 0 Å². The van der Waals surface area contributed by atoms with Gasteiger partial charge in [0, 0.05) is 11.3 Å². The monoisotopic (exact) mass is 453 g/mol. The number of sulfonamides is 1. The fraction of sp³-hybridized carbons (Fsp3) is 0.278. The Morgan fingerprint density at radius 2 is 1.77 bits per heavy atom. The predicted molar refractivity (Wildman–Crippen MR) is 113 cm³/mol. The van der Waals surface area contributed by atoms with Crippen LogP contribution >= 0.6 is 11.3 Å². The summed E-state index contributed by atoms with van der Waals surface area (Å²) in [6.07, 6.45) is 0.606. The van der Waals surface area contributed by atoms with E-state index in [0.717, 1.165) is 11.3 Å². The van der Waals surface area contributed by atoms with Gasteiger partial charge in [-0.15, -0.1) is 11.3 Å². The number of carbonyl (C=O) groups excluding carboxylic acids is 3. The molecule has 0 aliphatic rings. The van der Waals surface area contributed by atoms with Crippen LogP contribution in [0.4, 0.5) is 10.5 Å². The maximum atomic E-state index is 12.3. The largest absolute Gasteiger partial charge is 0.352 e. The molecule has 2 unspecified atom stereocenters. The minimum atomic E-state index is -3.69. The van der Waals surface area contributed by atoms with Gasteiger partial charge in [0.1, 0.15) is 10.3 Å². The highest BCUT2D eigenvalue weighted by atomic mass is 32.2. The van der Waals surface area contributed by atoms with E-state index in [0.29, 0.717) is 6.42 Å². The summed E-state index contributed by atoms with van der Waals surface area (Å²) in [7, 11) is -3.69. The maximum Gasteiger partial charge on any atom is 0.312 e. The number of hydrazine groups is 1. The molecular weight excluding hydrogens is 430 g/mol. The van der Waals surface area contributed by atoms with Crippen molar-refractivity contribution in [2.24, 2.45) is 11.7 Å². The maximum absolute atomic E-state index is 12.3. The van der Waals surface area contributed by atoms with Crippen molar-refractivity contribution in [1.82, 2.24) is 16.2 Å². The molecule has 2 aromatic rings. The number of nitrogens with one attached hydrogen (secondary N) is 4. The van der Waals surface area contributed by atoms with Gasteiger partial charge in [0.15, 0.2) is 0 Å². The van der Waals surface area contributed by atoms with E-state index in [9.17, 15) is 22.8 Å². The molecule has 0 radical (unpaired) electrons. The van der Waals surface area contributed by atoms with Crippen molar-refractivity contribution in [3.63, 3.8) is 0 Å². The normalized spacial score (nSPS) is 13.0. The van der Waals surface area contributed by atoms with Crippen LogP contribution in [-0.2, 0) is 14.8 Å². The first-order valence-corrected chi connectivity index (χ1v) is 11.3. The van der Waals surface area contributed by atoms with Crippen LogP contribution in [0.15, 0.2) is 46.0 Å². The topological polar surface area (TPSA) is 159 Å². The molecule has 0 saturated heterocycles. The van der Waals surface area contributed by atoms with Gasteiger partial charge in [-0.2, -0.15) is 0 Å². The van der Waals surface area contributed by atoms with Crippen molar-refractivity contribution in [3.05, 3.63) is 47.3 Å². The second-order valence-corrected chi connectivity index (χ2v) is 9.29. The SMILES string of the molecule is CCC(C)C(NC(N)=O)C(=O)NNC(=O)c1ccc(NS(=O)(=O)c2cccs2)cc1. The third kappa shape index (κ3) is 6.19. The van der Waals surface area contributed by atoms with E-state index in [2.05, 4.69) is 20.9 Å². The average molecular weight is 454 g/mol. The van der Waals surface area contributed by atoms with Gasteiger partial charge < -0.3 is 11.1 Å². The Bertz CT molecular complexity index is 990. The Balaban J connectivity index is 1.97. The molecule has 0 fully saturated rings. The van der Waals surface area contributed by atoms with Crippen molar-refractivity contribution >= 4 is 44.9 Å². The summed E-state index contributed by atoms with van der Waals surface area (Å²) in [5.74, 6) is -1.43. The summed E-state index contributed by atoms with van der Waals surface area (Å²) in [4.78, 5) is 35.6. The zero-order chi connectivity index (χ0) is 22.3. The summed E-state index contributed by atoms with van der Waals surface area (Å²) in [6.45, 7) is 3.61. The summed E-state index contributed by atoms with van der Waals surface area (Å²) < 4.78 is 27.0. The van der Waals surface area contributed by atoms with E-state index in [4.69, 9.17) is 5.73 Å². The van der Waals surface area contributed by atoms with Crippen LogP contribution in [0.3, 0.4) is 0 Å². The quantitative estimate of drug-likeness (QED) is 0.381. The number of thiophene rings is 1. The average Bonchev–Trinajstić information content (AvgIpc) is 3.25. The molecule has 4 amide bonds. The second-order valence-electron chi connectivity index (χ2n) is 6.43. The van der Waals surface area contributed by atoms with Gasteiger partial charge in [-0.05, 0) is 41.6 Å². The molecule has 0 spiro atoms. The van der Waals surface area contributed by atoms with Gasteiger partial charge in [0.2, 0.25) is 0 Å². The first kappa shape index (κ1) is 23.2. The van der Waals surface area contributed by atoms with Crippen molar-refractivity contribution in [3.8, 4) is 0 Å².